The quantitative estimate of drug-likeness (QED) is 0.788. The van der Waals surface area contributed by atoms with Gasteiger partial charge in [-0.1, -0.05) is 6.07 Å². The molecule has 0 aromatic carbocycles. The Balaban J connectivity index is 1.84. The first kappa shape index (κ1) is 15.5. The van der Waals surface area contributed by atoms with Crippen LogP contribution < -0.4 is 5.32 Å². The van der Waals surface area contributed by atoms with Crippen molar-refractivity contribution in [3.63, 3.8) is 0 Å². The summed E-state index contributed by atoms with van der Waals surface area (Å²) in [6, 6.07) is 5.64. The Morgan fingerprint density at radius 1 is 1.55 bits per heavy atom. The number of pyridine rings is 1. The molecule has 1 aliphatic carbocycles. The minimum Gasteiger partial charge on any atom is -0.396 e. The van der Waals surface area contributed by atoms with Crippen LogP contribution in [0.5, 0.6) is 0 Å². The number of aliphatic hydroxyl groups excluding tert-OH is 1. The fourth-order valence-corrected chi connectivity index (χ4v) is 2.80. The zero-order chi connectivity index (χ0) is 14.8. The van der Waals surface area contributed by atoms with E-state index < -0.39 is 9.75 Å². The van der Waals surface area contributed by atoms with E-state index in [0.717, 1.165) is 5.69 Å². The molecule has 0 radical (unpaired) electrons. The van der Waals surface area contributed by atoms with Gasteiger partial charge in [0.05, 0.1) is 5.41 Å². The Hall–Kier alpha value is -0.840. The Kier molecular flexibility index (Phi) is 4.57. The zero-order valence-corrected chi connectivity index (χ0v) is 12.8. The van der Waals surface area contributed by atoms with Crippen LogP contribution in [0.1, 0.15) is 19.0 Å². The molecule has 1 amide bonds. The molecule has 0 saturated heterocycles. The number of carbonyl (C=O) groups is 1. The van der Waals surface area contributed by atoms with Gasteiger partial charge < -0.3 is 10.4 Å². The first-order chi connectivity index (χ1) is 9.39. The molecule has 1 aromatic heterocycles. The molecule has 2 unspecified atom stereocenters. The molecular weight excluding hydrogens is 299 g/mol. The van der Waals surface area contributed by atoms with Crippen molar-refractivity contribution in [1.82, 2.24) is 10.3 Å². The first-order valence-electron chi connectivity index (χ1n) is 6.56. The molecule has 1 fully saturated rings. The lowest BCUT2D eigenvalue weighted by Crippen LogP contribution is -2.37. The molecule has 2 rings (SSSR count). The molecule has 6 heteroatoms. The normalized spacial score (nSPS) is 25.0. The van der Waals surface area contributed by atoms with E-state index in [-0.39, 0.29) is 18.4 Å². The molecule has 2 atom stereocenters. The molecule has 1 aromatic rings. The number of amides is 1. The number of carbonyl (C=O) groups excluding carboxylic acids is 1. The van der Waals surface area contributed by atoms with Crippen molar-refractivity contribution in [2.45, 2.75) is 24.1 Å². The molecule has 2 N–H and O–H groups in total. The van der Waals surface area contributed by atoms with Gasteiger partial charge in [0.2, 0.25) is 5.91 Å². The number of alkyl halides is 2. The molecule has 0 bridgehead atoms. The highest BCUT2D eigenvalue weighted by atomic mass is 35.5. The summed E-state index contributed by atoms with van der Waals surface area (Å²) < 4.78 is -0.965. The van der Waals surface area contributed by atoms with Crippen molar-refractivity contribution in [1.29, 1.82) is 0 Å². The zero-order valence-electron chi connectivity index (χ0n) is 11.3. The number of hydrogen-bond acceptors (Lipinski definition) is 3. The molecule has 0 spiro atoms. The van der Waals surface area contributed by atoms with Crippen LogP contribution in [-0.4, -0.2) is 33.5 Å². The van der Waals surface area contributed by atoms with Crippen molar-refractivity contribution in [3.8, 4) is 0 Å². The van der Waals surface area contributed by atoms with Crippen molar-refractivity contribution >= 4 is 29.1 Å². The van der Waals surface area contributed by atoms with Crippen LogP contribution in [0.15, 0.2) is 24.4 Å². The maximum Gasteiger partial charge on any atom is 0.229 e. The van der Waals surface area contributed by atoms with Crippen molar-refractivity contribution in [3.05, 3.63) is 30.1 Å². The van der Waals surface area contributed by atoms with E-state index in [1.807, 2.05) is 18.2 Å². The number of aliphatic hydroxyl groups is 1. The van der Waals surface area contributed by atoms with Gasteiger partial charge in [0.1, 0.15) is 4.33 Å². The summed E-state index contributed by atoms with van der Waals surface area (Å²) in [6.07, 6.45) is 2.78. The third kappa shape index (κ3) is 3.25. The highest BCUT2D eigenvalue weighted by Gasteiger charge is 2.67. The highest BCUT2D eigenvalue weighted by molar-refractivity contribution is 6.53. The minimum absolute atomic E-state index is 0.0134. The van der Waals surface area contributed by atoms with E-state index in [9.17, 15) is 9.90 Å². The van der Waals surface area contributed by atoms with Crippen molar-refractivity contribution in [2.24, 2.45) is 11.3 Å². The largest absolute Gasteiger partial charge is 0.396 e. The molecular formula is C14H18Cl2N2O2. The lowest BCUT2D eigenvalue weighted by Gasteiger charge is -2.17. The average molecular weight is 317 g/mol. The van der Waals surface area contributed by atoms with Crippen LogP contribution in [0, 0.1) is 11.3 Å². The predicted octanol–water partition coefficient (Wildman–Crippen LogP) is 1.93. The second kappa shape index (κ2) is 5.88. The Labute approximate surface area is 128 Å². The van der Waals surface area contributed by atoms with E-state index in [4.69, 9.17) is 23.2 Å². The van der Waals surface area contributed by atoms with Gasteiger partial charge in [0, 0.05) is 31.0 Å². The topological polar surface area (TPSA) is 62.2 Å². The summed E-state index contributed by atoms with van der Waals surface area (Å²) in [5.41, 5.74) is 0.170. The lowest BCUT2D eigenvalue weighted by molar-refractivity contribution is -0.126. The number of aromatic nitrogens is 1. The van der Waals surface area contributed by atoms with Gasteiger partial charge in [-0.25, -0.2) is 0 Å². The second-order valence-corrected chi connectivity index (χ2v) is 6.98. The monoisotopic (exact) mass is 316 g/mol. The van der Waals surface area contributed by atoms with Gasteiger partial charge in [0.25, 0.3) is 0 Å². The van der Waals surface area contributed by atoms with E-state index in [2.05, 4.69) is 10.3 Å². The van der Waals surface area contributed by atoms with Gasteiger partial charge in [0.15, 0.2) is 0 Å². The molecule has 4 nitrogen and oxygen atoms in total. The summed E-state index contributed by atoms with van der Waals surface area (Å²) in [4.78, 5) is 16.3. The van der Waals surface area contributed by atoms with Crippen LogP contribution in [0.2, 0.25) is 0 Å². The Morgan fingerprint density at radius 2 is 2.25 bits per heavy atom. The van der Waals surface area contributed by atoms with E-state index in [1.54, 1.807) is 13.1 Å². The van der Waals surface area contributed by atoms with Gasteiger partial charge in [-0.3, -0.25) is 9.78 Å². The summed E-state index contributed by atoms with van der Waals surface area (Å²) >= 11 is 11.9. The number of nitrogens with zero attached hydrogens (tertiary/aromatic N) is 1. The van der Waals surface area contributed by atoms with Crippen molar-refractivity contribution in [2.75, 3.05) is 13.2 Å². The SMILES string of the molecule is CC1(C(=O)NCC(CO)Cc2ccccn2)CC1(Cl)Cl. The fraction of sp³-hybridized carbons (Fsp3) is 0.571. The van der Waals surface area contributed by atoms with Crippen LogP contribution in [0.3, 0.4) is 0 Å². The van der Waals surface area contributed by atoms with Crippen molar-refractivity contribution < 1.29 is 9.90 Å². The second-order valence-electron chi connectivity index (χ2n) is 5.50. The molecule has 1 heterocycles. The lowest BCUT2D eigenvalue weighted by atomic mass is 10.0. The van der Waals surface area contributed by atoms with Crippen LogP contribution in [0.25, 0.3) is 0 Å². The Morgan fingerprint density at radius 3 is 2.75 bits per heavy atom. The maximum absolute atomic E-state index is 12.0. The number of hydrogen-bond donors (Lipinski definition) is 2. The van der Waals surface area contributed by atoms with Crippen LogP contribution >= 0.6 is 23.2 Å². The minimum atomic E-state index is -0.965. The maximum atomic E-state index is 12.0. The van der Waals surface area contributed by atoms with E-state index in [0.29, 0.717) is 19.4 Å². The first-order valence-corrected chi connectivity index (χ1v) is 7.31. The third-order valence-electron chi connectivity index (χ3n) is 3.79. The van der Waals surface area contributed by atoms with Gasteiger partial charge >= 0.3 is 0 Å². The Bertz CT molecular complexity index is 481. The van der Waals surface area contributed by atoms with Gasteiger partial charge in [-0.15, -0.1) is 23.2 Å². The highest BCUT2D eigenvalue weighted by Crippen LogP contribution is 2.63. The standard InChI is InChI=1S/C14H18Cl2N2O2/c1-13(9-14(13,15)16)12(20)18-7-10(8-19)6-11-4-2-3-5-17-11/h2-5,10,19H,6-9H2,1H3,(H,18,20). The van der Waals surface area contributed by atoms with Gasteiger partial charge in [-0.2, -0.15) is 0 Å². The molecule has 0 aliphatic heterocycles. The summed E-state index contributed by atoms with van der Waals surface area (Å²) in [5.74, 6) is -0.238. The predicted molar refractivity (Wildman–Crippen MR) is 78.7 cm³/mol. The average Bonchev–Trinajstić information content (AvgIpc) is 2.95. The third-order valence-corrected chi connectivity index (χ3v) is 4.89. The van der Waals surface area contributed by atoms with E-state index in [1.165, 1.54) is 0 Å². The van der Waals surface area contributed by atoms with Crippen LogP contribution in [-0.2, 0) is 11.2 Å². The fourth-order valence-electron chi connectivity index (χ4n) is 2.09. The summed E-state index contributed by atoms with van der Waals surface area (Å²) in [6.45, 7) is 2.11. The number of halogens is 2. The number of rotatable bonds is 6. The van der Waals surface area contributed by atoms with E-state index >= 15 is 0 Å². The molecule has 110 valence electrons. The van der Waals surface area contributed by atoms with Crippen LogP contribution in [0.4, 0.5) is 0 Å². The molecule has 1 saturated carbocycles. The summed E-state index contributed by atoms with van der Waals surface area (Å²) in [7, 11) is 0. The smallest absolute Gasteiger partial charge is 0.229 e. The molecule has 1 aliphatic rings. The summed E-state index contributed by atoms with van der Waals surface area (Å²) in [5, 5.41) is 12.2. The molecule has 20 heavy (non-hydrogen) atoms. The number of nitrogens with one attached hydrogen (secondary N) is 1. The van der Waals surface area contributed by atoms with Gasteiger partial charge in [-0.05, 0) is 31.9 Å².